The van der Waals surface area contributed by atoms with E-state index in [1.807, 2.05) is 32.0 Å². The molecule has 0 saturated carbocycles. The van der Waals surface area contributed by atoms with Crippen LogP contribution in [0.15, 0.2) is 122 Å². The molecule has 0 bridgehead atoms. The number of carboxylic acids is 1. The van der Waals surface area contributed by atoms with Crippen LogP contribution in [0.5, 0.6) is 0 Å². The van der Waals surface area contributed by atoms with Gasteiger partial charge in [0.25, 0.3) is 0 Å². The van der Waals surface area contributed by atoms with Crippen molar-refractivity contribution in [2.24, 2.45) is 40.7 Å². The van der Waals surface area contributed by atoms with Crippen molar-refractivity contribution in [1.29, 1.82) is 5.41 Å². The second kappa shape index (κ2) is 52.0. The standard InChI is InChI=1S/C97H132N24O19S/c1-51(2)37-69(86(129)112-70(38-52(3)4)87(130)113-71(39-53(5)6)88(131)118-76(43-57-48-107-66-26-15-11-22-61(57)66)94(137)121-35-18-29-79(121)95(138)120-34-17-28-78(120)93(136)111-68(96(139)140)30-31-80(99)123)109-82(125)49-108-84(127)72(40-54-45-104-63-23-12-8-19-58(54)63)114-85(128)67(27-16-33-103-97(101)102)110-89(132)73(41-55-46-105-64-24-13-9-20-59(55)64)115-90(133)74(42-56-47-106-65-25-14-10-21-60(56)65)116-91(134)75(44-81(100)124)117-92(135)77(50-122)119-83(126)62(98)32-36-141-7/h8-15,19-26,45-48,51-53,62,67-79,104-107,122H,16-18,27-44,49-50,98H2,1-7H3,(H2,99,123)(H2,100,124)(H,108,127)(H,109,125)(H,110,132)(H,111,136)(H,112,129)(H,113,130)(H,114,128)(H,115,133)(H,116,134)(H,117,135)(H,118,131)(H,119,126)(H,139,140)(H4,101,102,103)/t62-,67-,68-,69-,70-,71-,72-,73-,74-,75-,76-,77-,78-,79-/m0/s1. The molecule has 4 aromatic heterocycles. The molecule has 0 spiro atoms. The molecule has 2 saturated heterocycles. The Morgan fingerprint density at radius 1 is 0.426 bits per heavy atom. The summed E-state index contributed by atoms with van der Waals surface area (Å²) in [5.41, 5.74) is 27.5. The van der Waals surface area contributed by atoms with Gasteiger partial charge in [-0.1, -0.05) is 114 Å². The molecule has 0 radical (unpaired) electrons. The minimum atomic E-state index is -1.84. The van der Waals surface area contributed by atoms with Gasteiger partial charge in [-0.15, -0.1) is 0 Å². The molecule has 760 valence electrons. The van der Waals surface area contributed by atoms with E-state index < -0.39 is 211 Å². The number of benzene rings is 4. The lowest BCUT2D eigenvalue weighted by Gasteiger charge is -2.33. The summed E-state index contributed by atoms with van der Waals surface area (Å²) in [7, 11) is 0. The lowest BCUT2D eigenvalue weighted by Crippen LogP contribution is -2.61. The SMILES string of the molecule is CSCC[C@H](N)C(=O)N[C@@H](CO)C(=O)N[C@@H](CC(N)=O)C(=O)N[C@@H](Cc1c[nH]c2ccccc12)C(=O)N[C@@H](Cc1c[nH]c2ccccc12)C(=O)N[C@@H](CCCNC(=N)N)C(=O)N[C@@H](Cc1c[nH]c2ccccc12)C(=O)NCC(=O)N[C@@H](CC(C)C)C(=O)N[C@@H](CC(C)C)C(=O)N[C@@H](CC(C)C)C(=O)N[C@@H](Cc1c[nH]c2ccccc12)C(=O)N1CCC[C@H]1C(=O)N1CCC[C@H]1C(=O)N[C@@H](CCC(N)=O)C(=O)O. The Morgan fingerprint density at radius 3 is 1.23 bits per heavy atom. The number of carbonyl (C=O) groups excluding carboxylic acids is 16. The lowest BCUT2D eigenvalue weighted by atomic mass is 9.98. The molecule has 4 aromatic carbocycles. The lowest BCUT2D eigenvalue weighted by molar-refractivity contribution is -0.149. The summed E-state index contributed by atoms with van der Waals surface area (Å²) in [5.74, 6) is -16.1. The number of aromatic nitrogens is 4. The van der Waals surface area contributed by atoms with Crippen LogP contribution in [0.4, 0.5) is 0 Å². The molecule has 28 N–H and O–H groups in total. The third kappa shape index (κ3) is 31.0. The average molecular weight is 1970 g/mol. The fourth-order valence-electron chi connectivity index (χ4n) is 17.6. The molecule has 2 fully saturated rings. The predicted molar refractivity (Wildman–Crippen MR) is 527 cm³/mol. The number of fused-ring (bicyclic) bond motifs is 4. The van der Waals surface area contributed by atoms with Gasteiger partial charge in [0.05, 0.1) is 25.6 Å². The van der Waals surface area contributed by atoms with Crippen LogP contribution in [0.25, 0.3) is 43.6 Å². The highest BCUT2D eigenvalue weighted by Crippen LogP contribution is 2.30. The molecule has 2 aliphatic heterocycles. The molecule has 43 nitrogen and oxygen atoms in total. The van der Waals surface area contributed by atoms with Gasteiger partial charge in [0.2, 0.25) is 94.5 Å². The number of nitrogens with one attached hydrogen (secondary N) is 18. The Morgan fingerprint density at radius 2 is 0.801 bits per heavy atom. The summed E-state index contributed by atoms with van der Waals surface area (Å²) in [6.45, 7) is 9.22. The second-order valence-corrected chi connectivity index (χ2v) is 38.0. The third-order valence-electron chi connectivity index (χ3n) is 24.8. The number of aliphatic carboxylic acids is 1. The quantitative estimate of drug-likeness (QED) is 0.0136. The monoisotopic (exact) mass is 1970 g/mol. The highest BCUT2D eigenvalue weighted by molar-refractivity contribution is 7.98. The van der Waals surface area contributed by atoms with E-state index in [0.29, 0.717) is 73.6 Å². The first-order chi connectivity index (χ1) is 67.3. The van der Waals surface area contributed by atoms with E-state index in [1.165, 1.54) is 21.6 Å². The first-order valence-electron chi connectivity index (χ1n) is 47.4. The van der Waals surface area contributed by atoms with E-state index in [4.69, 9.17) is 28.3 Å². The van der Waals surface area contributed by atoms with Gasteiger partial charge in [0.1, 0.15) is 78.5 Å². The fourth-order valence-corrected chi connectivity index (χ4v) is 18.1. The fraction of sp³-hybridized carbons (Fsp3) is 0.485. The van der Waals surface area contributed by atoms with Crippen LogP contribution in [0.1, 0.15) is 147 Å². The van der Waals surface area contributed by atoms with Gasteiger partial charge in [-0.2, -0.15) is 11.8 Å². The molecule has 10 rings (SSSR count). The van der Waals surface area contributed by atoms with Crippen molar-refractivity contribution in [3.05, 3.63) is 144 Å². The Hall–Kier alpha value is -14.4. The van der Waals surface area contributed by atoms with Crippen molar-refractivity contribution in [3.8, 4) is 0 Å². The molecule has 14 atom stereocenters. The first-order valence-corrected chi connectivity index (χ1v) is 48.8. The predicted octanol–water partition coefficient (Wildman–Crippen LogP) is 0.0132. The number of H-pyrrole nitrogens is 4. The van der Waals surface area contributed by atoms with Gasteiger partial charge in [-0.05, 0) is 147 Å². The second-order valence-electron chi connectivity index (χ2n) is 37.0. The van der Waals surface area contributed by atoms with Gasteiger partial charge in [0, 0.05) is 120 Å². The molecule has 44 heteroatoms. The van der Waals surface area contributed by atoms with Crippen molar-refractivity contribution in [2.45, 2.75) is 235 Å². The number of primary amides is 2. The van der Waals surface area contributed by atoms with E-state index in [9.17, 15) is 58.2 Å². The maximum absolute atomic E-state index is 15.6. The number of aliphatic hydroxyl groups is 1. The number of guanidine groups is 1. The summed E-state index contributed by atoms with van der Waals surface area (Å²) in [6, 6.07) is 8.33. The van der Waals surface area contributed by atoms with Crippen LogP contribution >= 0.6 is 11.8 Å². The van der Waals surface area contributed by atoms with Gasteiger partial charge >= 0.3 is 5.97 Å². The number of amides is 16. The van der Waals surface area contributed by atoms with E-state index in [0.717, 1.165) is 10.9 Å². The number of thioether (sulfide) groups is 1. The molecular formula is C97H132N24O19S. The Kier molecular flexibility index (Phi) is 40.0. The zero-order chi connectivity index (χ0) is 102. The number of nitrogens with zero attached hydrogens (tertiary/aromatic N) is 2. The Bertz CT molecular complexity index is 5810. The third-order valence-corrected chi connectivity index (χ3v) is 25.4. The summed E-state index contributed by atoms with van der Waals surface area (Å²) >= 11 is 1.42. The van der Waals surface area contributed by atoms with Crippen LogP contribution in [0, 0.1) is 23.2 Å². The van der Waals surface area contributed by atoms with Crippen LogP contribution in [0.2, 0.25) is 0 Å². The highest BCUT2D eigenvalue weighted by Gasteiger charge is 2.46. The summed E-state index contributed by atoms with van der Waals surface area (Å²) in [4.78, 5) is 259. The van der Waals surface area contributed by atoms with Gasteiger partial charge < -0.3 is 132 Å². The first kappa shape index (κ1) is 109. The number of carbonyl (C=O) groups is 17. The van der Waals surface area contributed by atoms with Crippen LogP contribution in [0.3, 0.4) is 0 Å². The molecule has 6 heterocycles. The number of hydrogen-bond donors (Lipinski definition) is 24. The minimum Gasteiger partial charge on any atom is -0.480 e. The zero-order valence-electron chi connectivity index (χ0n) is 80.1. The number of aromatic amines is 4. The van der Waals surface area contributed by atoms with Crippen molar-refractivity contribution >= 4 is 162 Å². The number of aliphatic hydroxyl groups excluding tert-OH is 1. The molecule has 2 aliphatic rings. The number of para-hydroxylation sites is 4. The van der Waals surface area contributed by atoms with Crippen molar-refractivity contribution in [1.82, 2.24) is 98.9 Å². The number of carboxylic acid groups (broad SMARTS) is 1. The topological polar surface area (TPSA) is 685 Å². The van der Waals surface area contributed by atoms with Crippen LogP contribution in [-0.2, 0) is 107 Å². The molecular weight excluding hydrogens is 1840 g/mol. The summed E-state index contributed by atoms with van der Waals surface area (Å²) in [5, 5.41) is 65.5. The van der Waals surface area contributed by atoms with Crippen molar-refractivity contribution in [2.75, 3.05) is 44.8 Å². The van der Waals surface area contributed by atoms with Gasteiger partial charge in [0.15, 0.2) is 5.96 Å². The normalized spacial score (nSPS) is 16.2. The Balaban J connectivity index is 0.868. The number of nitrogens with two attached hydrogens (primary N) is 4. The maximum atomic E-state index is 15.6. The van der Waals surface area contributed by atoms with Gasteiger partial charge in [-0.3, -0.25) is 82.1 Å². The molecule has 0 unspecified atom stereocenters. The van der Waals surface area contributed by atoms with Gasteiger partial charge in [-0.25, -0.2) is 4.79 Å². The van der Waals surface area contributed by atoms with E-state index in [1.54, 1.807) is 138 Å². The molecule has 8 aromatic rings. The molecule has 141 heavy (non-hydrogen) atoms. The van der Waals surface area contributed by atoms with Crippen molar-refractivity contribution in [3.63, 3.8) is 0 Å². The molecule has 16 amide bonds. The Labute approximate surface area is 818 Å². The summed E-state index contributed by atoms with van der Waals surface area (Å²) in [6.07, 6.45) is 7.11. The smallest absolute Gasteiger partial charge is 0.326 e. The van der Waals surface area contributed by atoms with E-state index >= 15 is 33.6 Å². The number of rotatable bonds is 54. The van der Waals surface area contributed by atoms with Crippen molar-refractivity contribution < 1.29 is 91.7 Å². The number of hydrogen-bond acceptors (Lipinski definition) is 21. The largest absolute Gasteiger partial charge is 0.480 e. The number of likely N-dealkylation sites (tertiary alicyclic amines) is 2. The summed E-state index contributed by atoms with van der Waals surface area (Å²) < 4.78 is 0. The van der Waals surface area contributed by atoms with Crippen LogP contribution < -0.4 is 92.1 Å². The maximum Gasteiger partial charge on any atom is 0.326 e. The van der Waals surface area contributed by atoms with E-state index in [-0.39, 0.29) is 127 Å². The highest BCUT2D eigenvalue weighted by atomic mass is 32.2. The van der Waals surface area contributed by atoms with Crippen LogP contribution in [-0.4, -0.2) is 276 Å². The average Bonchev–Trinajstić information content (AvgIpc) is 1.65. The minimum absolute atomic E-state index is 0.00870. The van der Waals surface area contributed by atoms with E-state index in [2.05, 4.69) is 89.1 Å². The zero-order valence-corrected chi connectivity index (χ0v) is 80.9. The molecule has 0 aliphatic carbocycles.